The predicted octanol–water partition coefficient (Wildman–Crippen LogP) is 3.97. The van der Waals surface area contributed by atoms with Gasteiger partial charge in [-0.3, -0.25) is 13.9 Å². The number of halogens is 4. The Morgan fingerprint density at radius 2 is 1.74 bits per heavy atom. The molecule has 3 rings (SSSR count). The monoisotopic (exact) mass is 518 g/mol. The maximum absolute atomic E-state index is 13.4. The zero-order valence-electron chi connectivity index (χ0n) is 18.1. The Labute approximate surface area is 200 Å². The first-order valence-electron chi connectivity index (χ1n) is 10.2. The maximum atomic E-state index is 13.4. The summed E-state index contributed by atoms with van der Waals surface area (Å²) in [5.41, 5.74) is -1.57. The van der Waals surface area contributed by atoms with Gasteiger partial charge in [-0.2, -0.15) is 13.2 Å². The summed E-state index contributed by atoms with van der Waals surface area (Å²) in [6.07, 6.45) is -4.09. The number of hydrogen-bond acceptors (Lipinski definition) is 5. The van der Waals surface area contributed by atoms with Crippen molar-refractivity contribution < 1.29 is 35.9 Å². The van der Waals surface area contributed by atoms with Crippen molar-refractivity contribution in [2.45, 2.75) is 23.9 Å². The number of carbonyl (C=O) groups excluding carboxylic acids is 2. The molecule has 0 radical (unpaired) electrons. The average Bonchev–Trinajstić information content (AvgIpc) is 2.82. The van der Waals surface area contributed by atoms with E-state index in [0.29, 0.717) is 23.2 Å². The number of rotatable bonds is 6. The van der Waals surface area contributed by atoms with Gasteiger partial charge in [-0.05, 0) is 43.2 Å². The van der Waals surface area contributed by atoms with Crippen molar-refractivity contribution in [3.05, 3.63) is 59.1 Å². The Bertz CT molecular complexity index is 1150. The average molecular weight is 519 g/mol. The molecular weight excluding hydrogens is 497 g/mol. The molecule has 1 amide bonds. The quantitative estimate of drug-likeness (QED) is 0.540. The van der Waals surface area contributed by atoms with Gasteiger partial charge < -0.3 is 9.64 Å². The summed E-state index contributed by atoms with van der Waals surface area (Å²) in [5, 5.41) is -0.260. The molecule has 0 spiro atoms. The molecule has 0 bridgehead atoms. The van der Waals surface area contributed by atoms with Crippen LogP contribution in [0.5, 0.6) is 0 Å². The number of piperidine rings is 1. The number of carbonyl (C=O) groups is 2. The van der Waals surface area contributed by atoms with E-state index in [9.17, 15) is 31.2 Å². The Kier molecular flexibility index (Phi) is 7.77. The largest absolute Gasteiger partial charge is 0.469 e. The summed E-state index contributed by atoms with van der Waals surface area (Å²) in [6.45, 7) is -0.413. The van der Waals surface area contributed by atoms with E-state index in [4.69, 9.17) is 16.3 Å². The summed E-state index contributed by atoms with van der Waals surface area (Å²) in [4.78, 5) is 25.9. The molecule has 0 unspecified atom stereocenters. The number of likely N-dealkylation sites (tertiary alicyclic amines) is 1. The number of esters is 1. The molecule has 1 fully saturated rings. The molecule has 0 N–H and O–H groups in total. The van der Waals surface area contributed by atoms with E-state index in [0.717, 1.165) is 12.1 Å². The second-order valence-corrected chi connectivity index (χ2v) is 9.94. The summed E-state index contributed by atoms with van der Waals surface area (Å²) >= 11 is 6.12. The van der Waals surface area contributed by atoms with Crippen molar-refractivity contribution >= 4 is 39.2 Å². The maximum Gasteiger partial charge on any atom is 0.416 e. The minimum Gasteiger partial charge on any atom is -0.469 e. The second-order valence-electron chi connectivity index (χ2n) is 7.67. The number of benzene rings is 2. The highest BCUT2D eigenvalue weighted by Crippen LogP contribution is 2.37. The van der Waals surface area contributed by atoms with Crippen molar-refractivity contribution in [1.82, 2.24) is 4.90 Å². The number of amides is 1. The van der Waals surface area contributed by atoms with Crippen LogP contribution >= 0.6 is 11.6 Å². The minimum absolute atomic E-state index is 0.175. The van der Waals surface area contributed by atoms with E-state index < -0.39 is 45.9 Å². The van der Waals surface area contributed by atoms with Gasteiger partial charge in [0.25, 0.3) is 10.0 Å². The summed E-state index contributed by atoms with van der Waals surface area (Å²) < 4.78 is 72.1. The van der Waals surface area contributed by atoms with Crippen molar-refractivity contribution in [3.8, 4) is 0 Å². The van der Waals surface area contributed by atoms with Crippen LogP contribution in [0.3, 0.4) is 0 Å². The van der Waals surface area contributed by atoms with Gasteiger partial charge in [0, 0.05) is 13.1 Å². The molecule has 184 valence electrons. The van der Waals surface area contributed by atoms with E-state index in [2.05, 4.69) is 0 Å². The standard InChI is InChI=1S/C22H22ClF3N2O5S/c1-33-21(30)15-9-11-27(12-10-15)20(29)14-28(34(31,32)17-5-3-2-4-6-17)19-13-16(22(24,25)26)7-8-18(19)23/h2-8,13,15H,9-12,14H2,1H3. The molecule has 0 atom stereocenters. The molecule has 1 heterocycles. The highest BCUT2D eigenvalue weighted by atomic mass is 35.5. The number of anilines is 1. The first kappa shape index (κ1) is 25.8. The lowest BCUT2D eigenvalue weighted by Gasteiger charge is -2.33. The number of nitrogens with zero attached hydrogens (tertiary/aromatic N) is 2. The van der Waals surface area contributed by atoms with Crippen molar-refractivity contribution in [2.75, 3.05) is 31.0 Å². The Morgan fingerprint density at radius 3 is 2.29 bits per heavy atom. The van der Waals surface area contributed by atoms with Crippen molar-refractivity contribution in [1.29, 1.82) is 0 Å². The normalized spacial score (nSPS) is 15.1. The molecule has 1 aliphatic heterocycles. The summed E-state index contributed by atoms with van der Waals surface area (Å²) in [5.74, 6) is -1.40. The van der Waals surface area contributed by atoms with Crippen LogP contribution < -0.4 is 4.31 Å². The highest BCUT2D eigenvalue weighted by molar-refractivity contribution is 7.92. The fourth-order valence-electron chi connectivity index (χ4n) is 3.65. The van der Waals surface area contributed by atoms with Crippen molar-refractivity contribution in [2.24, 2.45) is 5.92 Å². The molecule has 0 saturated carbocycles. The Balaban J connectivity index is 1.96. The number of alkyl halides is 3. The molecule has 2 aromatic rings. The van der Waals surface area contributed by atoms with Crippen molar-refractivity contribution in [3.63, 3.8) is 0 Å². The zero-order chi connectivity index (χ0) is 25.1. The molecule has 0 aliphatic carbocycles. The van der Waals surface area contributed by atoms with Crippen LogP contribution in [0.2, 0.25) is 5.02 Å². The molecule has 1 saturated heterocycles. The first-order chi connectivity index (χ1) is 15.9. The topological polar surface area (TPSA) is 84.0 Å². The van der Waals surface area contributed by atoms with Crippen LogP contribution in [0.25, 0.3) is 0 Å². The second kappa shape index (κ2) is 10.2. The molecule has 7 nitrogen and oxygen atoms in total. The van der Waals surface area contributed by atoms with Gasteiger partial charge in [-0.15, -0.1) is 0 Å². The van der Waals surface area contributed by atoms with E-state index in [1.807, 2.05) is 0 Å². The lowest BCUT2D eigenvalue weighted by Crippen LogP contribution is -2.46. The van der Waals surface area contributed by atoms with Gasteiger partial charge in [0.15, 0.2) is 0 Å². The van der Waals surface area contributed by atoms with Gasteiger partial charge in [0.1, 0.15) is 6.54 Å². The van der Waals surface area contributed by atoms with Crippen LogP contribution in [-0.4, -0.2) is 51.9 Å². The number of sulfonamides is 1. The summed E-state index contributed by atoms with van der Waals surface area (Å²) in [7, 11) is -3.17. The van der Waals surface area contributed by atoms with Gasteiger partial charge >= 0.3 is 12.1 Å². The molecule has 1 aliphatic rings. The lowest BCUT2D eigenvalue weighted by molar-refractivity contribution is -0.148. The molecule has 2 aromatic carbocycles. The lowest BCUT2D eigenvalue weighted by atomic mass is 9.97. The Morgan fingerprint density at radius 1 is 1.12 bits per heavy atom. The smallest absolute Gasteiger partial charge is 0.416 e. The third-order valence-corrected chi connectivity index (χ3v) is 7.63. The number of hydrogen-bond donors (Lipinski definition) is 0. The third kappa shape index (κ3) is 5.64. The van der Waals surface area contributed by atoms with Gasteiger partial charge in [0.05, 0.1) is 34.2 Å². The third-order valence-electron chi connectivity index (χ3n) is 5.53. The fourth-order valence-corrected chi connectivity index (χ4v) is 5.37. The SMILES string of the molecule is COC(=O)C1CCN(C(=O)CN(c2cc(C(F)(F)F)ccc2Cl)S(=O)(=O)c2ccccc2)CC1. The number of methoxy groups -OCH3 is 1. The summed E-state index contributed by atoms with van der Waals surface area (Å²) in [6, 6.07) is 9.33. The van der Waals surface area contributed by atoms with Gasteiger partial charge in [0.2, 0.25) is 5.91 Å². The van der Waals surface area contributed by atoms with Gasteiger partial charge in [-0.1, -0.05) is 29.8 Å². The van der Waals surface area contributed by atoms with E-state index in [-0.39, 0.29) is 28.9 Å². The molecule has 12 heteroatoms. The molecule has 0 aromatic heterocycles. The highest BCUT2D eigenvalue weighted by Gasteiger charge is 2.36. The first-order valence-corrected chi connectivity index (χ1v) is 12.1. The fraction of sp³-hybridized carbons (Fsp3) is 0.364. The van der Waals surface area contributed by atoms with Crippen LogP contribution in [-0.2, 0) is 30.5 Å². The van der Waals surface area contributed by atoms with Crippen LogP contribution in [0.1, 0.15) is 18.4 Å². The zero-order valence-corrected chi connectivity index (χ0v) is 19.7. The van der Waals surface area contributed by atoms with Crippen LogP contribution in [0.4, 0.5) is 18.9 Å². The minimum atomic E-state index is -4.75. The molecule has 34 heavy (non-hydrogen) atoms. The van der Waals surface area contributed by atoms with E-state index >= 15 is 0 Å². The van der Waals surface area contributed by atoms with E-state index in [1.54, 1.807) is 6.07 Å². The van der Waals surface area contributed by atoms with Gasteiger partial charge in [-0.25, -0.2) is 8.42 Å². The molecular formula is C22H22ClF3N2O5S. The number of ether oxygens (including phenoxy) is 1. The Hall–Kier alpha value is -2.79. The van der Waals surface area contributed by atoms with Crippen LogP contribution in [0, 0.1) is 5.92 Å². The van der Waals surface area contributed by atoms with Crippen LogP contribution in [0.15, 0.2) is 53.4 Å². The predicted molar refractivity (Wildman–Crippen MR) is 119 cm³/mol. The van der Waals surface area contributed by atoms with E-state index in [1.165, 1.54) is 36.3 Å².